The van der Waals surface area contributed by atoms with Gasteiger partial charge in [0.15, 0.2) is 0 Å². The van der Waals surface area contributed by atoms with Crippen LogP contribution in [0.2, 0.25) is 0 Å². The van der Waals surface area contributed by atoms with E-state index >= 15 is 0 Å². The fourth-order valence-electron chi connectivity index (χ4n) is 1.94. The van der Waals surface area contributed by atoms with Gasteiger partial charge < -0.3 is 0 Å². The Hall–Kier alpha value is -1.73. The Balaban J connectivity index is 2.00. The van der Waals surface area contributed by atoms with Crippen LogP contribution in [0, 0.1) is 0 Å². The maximum absolute atomic E-state index is 11.9. The van der Waals surface area contributed by atoms with Crippen molar-refractivity contribution in [2.45, 2.75) is 13.5 Å². The van der Waals surface area contributed by atoms with Crippen LogP contribution in [0.4, 0.5) is 4.79 Å². The fourth-order valence-corrected chi connectivity index (χ4v) is 2.60. The summed E-state index contributed by atoms with van der Waals surface area (Å²) >= 11 is 1.59. The second kappa shape index (κ2) is 5.50. The number of carbonyl (C=O) groups is 3. The fraction of sp³-hybridized carbons (Fsp3) is 0.417. The molecule has 102 valence electrons. The molecule has 2 heterocycles. The third kappa shape index (κ3) is 2.66. The van der Waals surface area contributed by atoms with Crippen LogP contribution in [0.15, 0.2) is 16.8 Å². The van der Waals surface area contributed by atoms with Crippen LogP contribution >= 0.6 is 11.3 Å². The number of nitrogens with zero attached hydrogens (tertiary/aromatic N) is 3. The molecule has 0 radical (unpaired) electrons. The van der Waals surface area contributed by atoms with Gasteiger partial charge in [-0.2, -0.15) is 11.3 Å². The van der Waals surface area contributed by atoms with E-state index in [2.05, 4.69) is 0 Å². The summed E-state index contributed by atoms with van der Waals surface area (Å²) < 4.78 is 0. The molecule has 7 heteroatoms. The molecule has 19 heavy (non-hydrogen) atoms. The van der Waals surface area contributed by atoms with E-state index in [1.165, 1.54) is 0 Å². The Morgan fingerprint density at radius 2 is 1.89 bits per heavy atom. The molecule has 0 atom stereocenters. The first-order valence-corrected chi connectivity index (χ1v) is 6.85. The van der Waals surface area contributed by atoms with Crippen molar-refractivity contribution in [3.05, 3.63) is 22.4 Å². The van der Waals surface area contributed by atoms with Crippen LogP contribution in [0.1, 0.15) is 12.5 Å². The van der Waals surface area contributed by atoms with Crippen molar-refractivity contribution in [2.24, 2.45) is 0 Å². The molecule has 6 nitrogen and oxygen atoms in total. The van der Waals surface area contributed by atoms with Crippen molar-refractivity contribution in [3.8, 4) is 0 Å². The van der Waals surface area contributed by atoms with Gasteiger partial charge >= 0.3 is 17.8 Å². The van der Waals surface area contributed by atoms with Crippen LogP contribution in [-0.4, -0.2) is 52.8 Å². The van der Waals surface area contributed by atoms with Crippen LogP contribution < -0.4 is 0 Å². The zero-order chi connectivity index (χ0) is 14.0. The molecule has 0 bridgehead atoms. The molecule has 0 unspecified atom stereocenters. The Morgan fingerprint density at radius 1 is 1.21 bits per heavy atom. The maximum Gasteiger partial charge on any atom is 0.335 e. The highest BCUT2D eigenvalue weighted by atomic mass is 32.1. The largest absolute Gasteiger partial charge is 0.335 e. The highest BCUT2D eigenvalue weighted by Crippen LogP contribution is 2.14. The highest BCUT2D eigenvalue weighted by Gasteiger charge is 2.43. The minimum atomic E-state index is -0.746. The van der Waals surface area contributed by atoms with Crippen molar-refractivity contribution in [1.82, 2.24) is 14.7 Å². The summed E-state index contributed by atoms with van der Waals surface area (Å²) in [6.45, 7) is 2.63. The number of rotatable bonds is 5. The van der Waals surface area contributed by atoms with Crippen molar-refractivity contribution < 1.29 is 14.4 Å². The highest BCUT2D eigenvalue weighted by molar-refractivity contribution is 7.07. The van der Waals surface area contributed by atoms with Crippen molar-refractivity contribution >= 4 is 29.2 Å². The minimum absolute atomic E-state index is 0.121. The number of likely N-dealkylation sites (N-methyl/N-ethyl adjacent to an activating group) is 1. The standard InChI is InChI=1S/C12H15N3O3S/c1-3-14-10(16)11(17)15(12(14)18)8-13(2)6-9-4-5-19-7-9/h4-5,7H,3,6,8H2,1-2H3. The number of carbonyl (C=O) groups excluding carboxylic acids is 3. The zero-order valence-corrected chi connectivity index (χ0v) is 11.6. The third-order valence-electron chi connectivity index (χ3n) is 2.87. The van der Waals surface area contributed by atoms with Gasteiger partial charge in [0.1, 0.15) is 0 Å². The van der Waals surface area contributed by atoms with Gasteiger partial charge in [-0.05, 0) is 36.4 Å². The van der Waals surface area contributed by atoms with Gasteiger partial charge in [-0.1, -0.05) is 0 Å². The van der Waals surface area contributed by atoms with Gasteiger partial charge in [0, 0.05) is 13.1 Å². The third-order valence-corrected chi connectivity index (χ3v) is 3.60. The predicted molar refractivity (Wildman–Crippen MR) is 70.3 cm³/mol. The van der Waals surface area contributed by atoms with E-state index in [9.17, 15) is 14.4 Å². The second-order valence-corrected chi connectivity index (χ2v) is 5.13. The number of hydrogen-bond acceptors (Lipinski definition) is 5. The summed E-state index contributed by atoms with van der Waals surface area (Å²) in [6.07, 6.45) is 0. The Morgan fingerprint density at radius 3 is 2.42 bits per heavy atom. The SMILES string of the molecule is CCN1C(=O)C(=O)N(CN(C)Cc2ccsc2)C1=O. The molecule has 1 aromatic rings. The maximum atomic E-state index is 11.9. The second-order valence-electron chi connectivity index (χ2n) is 4.35. The summed E-state index contributed by atoms with van der Waals surface area (Å²) in [5.74, 6) is -1.49. The van der Waals surface area contributed by atoms with E-state index in [0.29, 0.717) is 6.54 Å². The number of amides is 4. The van der Waals surface area contributed by atoms with Gasteiger partial charge in [0.25, 0.3) is 0 Å². The first-order chi connectivity index (χ1) is 9.04. The lowest BCUT2D eigenvalue weighted by atomic mass is 10.3. The minimum Gasteiger partial charge on any atom is -0.284 e. The smallest absolute Gasteiger partial charge is 0.284 e. The Bertz CT molecular complexity index is 500. The average molecular weight is 281 g/mol. The summed E-state index contributed by atoms with van der Waals surface area (Å²) in [6, 6.07) is 1.45. The van der Waals surface area contributed by atoms with E-state index in [-0.39, 0.29) is 13.2 Å². The van der Waals surface area contributed by atoms with E-state index in [1.54, 1.807) is 25.3 Å². The van der Waals surface area contributed by atoms with Gasteiger partial charge in [0.05, 0.1) is 6.67 Å². The molecule has 4 amide bonds. The normalized spacial score (nSPS) is 16.1. The summed E-state index contributed by atoms with van der Waals surface area (Å²) in [4.78, 5) is 38.9. The van der Waals surface area contributed by atoms with E-state index in [1.807, 2.05) is 21.7 Å². The lowest BCUT2D eigenvalue weighted by Gasteiger charge is -2.21. The van der Waals surface area contributed by atoms with Crippen LogP contribution in [0.5, 0.6) is 0 Å². The van der Waals surface area contributed by atoms with E-state index in [4.69, 9.17) is 0 Å². The first kappa shape index (κ1) is 13.7. The monoisotopic (exact) mass is 281 g/mol. The van der Waals surface area contributed by atoms with Gasteiger partial charge in [-0.15, -0.1) is 0 Å². The van der Waals surface area contributed by atoms with Crippen molar-refractivity contribution in [2.75, 3.05) is 20.3 Å². The Labute approximate surface area is 115 Å². The lowest BCUT2D eigenvalue weighted by molar-refractivity contribution is -0.143. The van der Waals surface area contributed by atoms with Crippen LogP contribution in [0.25, 0.3) is 0 Å². The zero-order valence-electron chi connectivity index (χ0n) is 10.8. The molecule has 1 saturated heterocycles. The van der Waals surface area contributed by atoms with Gasteiger partial charge in [-0.3, -0.25) is 19.4 Å². The molecule has 1 aliphatic rings. The molecule has 0 spiro atoms. The first-order valence-electron chi connectivity index (χ1n) is 5.91. The number of urea groups is 1. The molecule has 1 aliphatic heterocycles. The van der Waals surface area contributed by atoms with Crippen molar-refractivity contribution in [1.29, 1.82) is 0 Å². The molecule has 0 saturated carbocycles. The summed E-state index contributed by atoms with van der Waals surface area (Å²) in [7, 11) is 1.80. The summed E-state index contributed by atoms with van der Waals surface area (Å²) in [5, 5.41) is 3.98. The predicted octanol–water partition coefficient (Wildman–Crippen LogP) is 0.948. The topological polar surface area (TPSA) is 60.9 Å². The molecule has 0 aromatic carbocycles. The summed E-state index contributed by atoms with van der Waals surface area (Å²) in [5.41, 5.74) is 1.12. The molecular formula is C12H15N3O3S. The molecule has 1 aromatic heterocycles. The Kier molecular flexibility index (Phi) is 3.96. The number of hydrogen-bond donors (Lipinski definition) is 0. The average Bonchev–Trinajstić information content (AvgIpc) is 2.93. The lowest BCUT2D eigenvalue weighted by Crippen LogP contribution is -2.40. The number of imide groups is 2. The number of thiophene rings is 1. The quantitative estimate of drug-likeness (QED) is 0.595. The van der Waals surface area contributed by atoms with Crippen LogP contribution in [-0.2, 0) is 16.1 Å². The molecular weight excluding hydrogens is 266 g/mol. The van der Waals surface area contributed by atoms with E-state index in [0.717, 1.165) is 15.4 Å². The van der Waals surface area contributed by atoms with Gasteiger partial charge in [0.2, 0.25) is 0 Å². The molecule has 2 rings (SSSR count). The van der Waals surface area contributed by atoms with Crippen LogP contribution in [0.3, 0.4) is 0 Å². The van der Waals surface area contributed by atoms with Gasteiger partial charge in [-0.25, -0.2) is 9.69 Å². The van der Waals surface area contributed by atoms with E-state index < -0.39 is 17.8 Å². The van der Waals surface area contributed by atoms with Crippen molar-refractivity contribution in [3.63, 3.8) is 0 Å². The molecule has 0 aliphatic carbocycles. The molecule has 1 fully saturated rings. The molecule has 0 N–H and O–H groups in total.